The number of halogens is 2. The summed E-state index contributed by atoms with van der Waals surface area (Å²) >= 11 is 1.20. The second-order valence-corrected chi connectivity index (χ2v) is 4.46. The third-order valence-electron chi connectivity index (χ3n) is 2.45. The van der Waals surface area contributed by atoms with Crippen molar-refractivity contribution in [3.63, 3.8) is 0 Å². The van der Waals surface area contributed by atoms with E-state index in [1.165, 1.54) is 22.8 Å². The lowest BCUT2D eigenvalue weighted by Gasteiger charge is -2.22. The Hall–Kier alpha value is -1.41. The van der Waals surface area contributed by atoms with Crippen LogP contribution in [0.4, 0.5) is 14.6 Å². The number of anilines is 1. The van der Waals surface area contributed by atoms with Gasteiger partial charge in [0.05, 0.1) is 24.2 Å². The largest absolute Gasteiger partial charge is 0.395 e. The first-order chi connectivity index (χ1) is 8.63. The SMILES string of the molecule is Cc1nsc2ncnc(N(CCO)CC(F)F)c12. The van der Waals surface area contributed by atoms with Crippen molar-refractivity contribution in [1.29, 1.82) is 0 Å². The fourth-order valence-corrected chi connectivity index (χ4v) is 2.45. The fourth-order valence-electron chi connectivity index (χ4n) is 1.71. The highest BCUT2D eigenvalue weighted by Crippen LogP contribution is 2.28. The highest BCUT2D eigenvalue weighted by molar-refractivity contribution is 7.13. The number of aliphatic hydroxyl groups excluding tert-OH is 1. The van der Waals surface area contributed by atoms with Crippen LogP contribution in [0.5, 0.6) is 0 Å². The maximum atomic E-state index is 12.5. The van der Waals surface area contributed by atoms with Crippen molar-refractivity contribution < 1.29 is 13.9 Å². The van der Waals surface area contributed by atoms with E-state index >= 15 is 0 Å². The summed E-state index contributed by atoms with van der Waals surface area (Å²) in [5.74, 6) is 0.403. The second kappa shape index (κ2) is 5.49. The first-order valence-corrected chi connectivity index (χ1v) is 6.11. The predicted molar refractivity (Wildman–Crippen MR) is 65.2 cm³/mol. The molecule has 0 amide bonds. The standard InChI is InChI=1S/C10H12F2N4OS/c1-6-8-9(13-5-14-10(8)18-15-6)16(2-3-17)4-7(11)12/h5,7,17H,2-4H2,1H3. The van der Waals surface area contributed by atoms with Gasteiger partial charge in [0.2, 0.25) is 0 Å². The van der Waals surface area contributed by atoms with Gasteiger partial charge in [-0.15, -0.1) is 0 Å². The molecule has 0 bridgehead atoms. The Morgan fingerprint density at radius 3 is 2.89 bits per heavy atom. The summed E-state index contributed by atoms with van der Waals surface area (Å²) in [5.41, 5.74) is 0.711. The van der Waals surface area contributed by atoms with Crippen LogP contribution in [0.1, 0.15) is 5.69 Å². The quantitative estimate of drug-likeness (QED) is 0.894. The third kappa shape index (κ3) is 2.54. The fraction of sp³-hybridized carbons (Fsp3) is 0.500. The van der Waals surface area contributed by atoms with Gasteiger partial charge in [-0.3, -0.25) is 0 Å². The van der Waals surface area contributed by atoms with Gasteiger partial charge >= 0.3 is 0 Å². The minimum Gasteiger partial charge on any atom is -0.395 e. The average molecular weight is 274 g/mol. The van der Waals surface area contributed by atoms with E-state index in [1.54, 1.807) is 6.92 Å². The third-order valence-corrected chi connectivity index (χ3v) is 3.30. The molecule has 0 aliphatic rings. The maximum Gasteiger partial charge on any atom is 0.255 e. The Labute approximate surface area is 106 Å². The molecule has 0 saturated heterocycles. The monoisotopic (exact) mass is 274 g/mol. The molecule has 2 heterocycles. The lowest BCUT2D eigenvalue weighted by Crippen LogP contribution is -2.32. The minimum absolute atomic E-state index is 0.103. The topological polar surface area (TPSA) is 62.1 Å². The Kier molecular flexibility index (Phi) is 3.97. The second-order valence-electron chi connectivity index (χ2n) is 3.71. The number of aromatic nitrogens is 3. The van der Waals surface area contributed by atoms with E-state index in [0.717, 1.165) is 0 Å². The van der Waals surface area contributed by atoms with Gasteiger partial charge in [0, 0.05) is 6.54 Å². The summed E-state index contributed by atoms with van der Waals surface area (Å²) in [6.45, 7) is 1.20. The smallest absolute Gasteiger partial charge is 0.255 e. The molecule has 0 spiro atoms. The van der Waals surface area contributed by atoms with Crippen molar-refractivity contribution in [3.05, 3.63) is 12.0 Å². The van der Waals surface area contributed by atoms with Crippen molar-refractivity contribution >= 4 is 27.6 Å². The highest BCUT2D eigenvalue weighted by atomic mass is 32.1. The number of fused-ring (bicyclic) bond motifs is 1. The zero-order chi connectivity index (χ0) is 13.1. The number of hydrogen-bond donors (Lipinski definition) is 1. The van der Waals surface area contributed by atoms with Crippen molar-refractivity contribution in [3.8, 4) is 0 Å². The molecular weight excluding hydrogens is 262 g/mol. The number of hydrogen-bond acceptors (Lipinski definition) is 6. The van der Waals surface area contributed by atoms with E-state index in [-0.39, 0.29) is 13.2 Å². The van der Waals surface area contributed by atoms with Crippen LogP contribution in [-0.2, 0) is 0 Å². The number of rotatable bonds is 5. The van der Waals surface area contributed by atoms with E-state index in [4.69, 9.17) is 5.11 Å². The molecular formula is C10H12F2N4OS. The first kappa shape index (κ1) is 13.0. The molecule has 0 aliphatic heterocycles. The van der Waals surface area contributed by atoms with Gasteiger partial charge in [-0.1, -0.05) is 0 Å². The van der Waals surface area contributed by atoms with Gasteiger partial charge in [-0.2, -0.15) is 4.37 Å². The number of aryl methyl sites for hydroxylation is 1. The molecule has 2 aromatic heterocycles. The molecule has 0 aliphatic carbocycles. The number of alkyl halides is 2. The van der Waals surface area contributed by atoms with E-state index in [0.29, 0.717) is 21.7 Å². The number of aliphatic hydroxyl groups is 1. The summed E-state index contributed by atoms with van der Waals surface area (Å²) in [5, 5.41) is 9.64. The van der Waals surface area contributed by atoms with Gasteiger partial charge in [0.25, 0.3) is 6.43 Å². The Morgan fingerprint density at radius 1 is 1.44 bits per heavy atom. The van der Waals surface area contributed by atoms with E-state index in [2.05, 4.69) is 14.3 Å². The summed E-state index contributed by atoms with van der Waals surface area (Å²) in [7, 11) is 0. The van der Waals surface area contributed by atoms with Crippen LogP contribution < -0.4 is 4.90 Å². The van der Waals surface area contributed by atoms with Gasteiger partial charge in [-0.05, 0) is 18.5 Å². The van der Waals surface area contributed by atoms with E-state index in [1.807, 2.05) is 0 Å². The molecule has 0 radical (unpaired) electrons. The molecule has 2 aromatic rings. The van der Waals surface area contributed by atoms with Crippen molar-refractivity contribution in [2.75, 3.05) is 24.6 Å². The molecule has 0 atom stereocenters. The van der Waals surface area contributed by atoms with Crippen molar-refractivity contribution in [2.24, 2.45) is 0 Å². The van der Waals surface area contributed by atoms with Crippen molar-refractivity contribution in [2.45, 2.75) is 13.3 Å². The Balaban J connectivity index is 2.45. The lowest BCUT2D eigenvalue weighted by atomic mass is 10.3. The molecule has 0 unspecified atom stereocenters. The van der Waals surface area contributed by atoms with E-state index < -0.39 is 13.0 Å². The van der Waals surface area contributed by atoms with Crippen LogP contribution in [-0.4, -0.2) is 45.6 Å². The molecule has 2 rings (SSSR count). The molecule has 0 fully saturated rings. The van der Waals surface area contributed by atoms with E-state index in [9.17, 15) is 8.78 Å². The van der Waals surface area contributed by atoms with Gasteiger partial charge < -0.3 is 10.0 Å². The van der Waals surface area contributed by atoms with Crippen LogP contribution in [0.3, 0.4) is 0 Å². The Bertz CT molecular complexity index is 534. The Morgan fingerprint density at radius 2 is 2.22 bits per heavy atom. The normalized spacial score (nSPS) is 11.4. The van der Waals surface area contributed by atoms with Gasteiger partial charge in [0.15, 0.2) is 0 Å². The first-order valence-electron chi connectivity index (χ1n) is 5.34. The molecule has 98 valence electrons. The average Bonchev–Trinajstić information content (AvgIpc) is 2.70. The predicted octanol–water partition coefficient (Wildman–Crippen LogP) is 1.46. The van der Waals surface area contributed by atoms with Gasteiger partial charge in [-0.25, -0.2) is 18.7 Å². The van der Waals surface area contributed by atoms with Crippen LogP contribution in [0.15, 0.2) is 6.33 Å². The molecule has 1 N–H and O–H groups in total. The molecule has 18 heavy (non-hydrogen) atoms. The number of nitrogens with zero attached hydrogens (tertiary/aromatic N) is 4. The minimum atomic E-state index is -2.49. The van der Waals surface area contributed by atoms with Crippen molar-refractivity contribution in [1.82, 2.24) is 14.3 Å². The summed E-state index contributed by atoms with van der Waals surface area (Å²) < 4.78 is 29.2. The van der Waals surface area contributed by atoms with Crippen LogP contribution in [0.25, 0.3) is 10.2 Å². The summed E-state index contributed by atoms with van der Waals surface area (Å²) in [6.07, 6.45) is -1.17. The van der Waals surface area contributed by atoms with Crippen LogP contribution in [0, 0.1) is 6.92 Å². The zero-order valence-electron chi connectivity index (χ0n) is 9.68. The lowest BCUT2D eigenvalue weighted by molar-refractivity contribution is 0.152. The summed E-state index contributed by atoms with van der Waals surface area (Å²) in [4.78, 5) is 10.1. The molecule has 5 nitrogen and oxygen atoms in total. The van der Waals surface area contributed by atoms with Crippen LogP contribution >= 0.6 is 11.5 Å². The molecule has 0 saturated carbocycles. The van der Waals surface area contributed by atoms with Gasteiger partial charge in [0.1, 0.15) is 17.0 Å². The highest BCUT2D eigenvalue weighted by Gasteiger charge is 2.19. The maximum absolute atomic E-state index is 12.5. The molecule has 8 heteroatoms. The summed E-state index contributed by atoms with van der Waals surface area (Å²) in [6, 6.07) is 0. The molecule has 0 aromatic carbocycles. The van der Waals surface area contributed by atoms with Crippen LogP contribution in [0.2, 0.25) is 0 Å². The zero-order valence-corrected chi connectivity index (χ0v) is 10.5.